The average Bonchev–Trinajstić information content (AvgIpc) is 3.10. The quantitative estimate of drug-likeness (QED) is 0.595. The summed E-state index contributed by atoms with van der Waals surface area (Å²) in [5, 5.41) is 9.53. The third-order valence-electron chi connectivity index (χ3n) is 5.16. The summed E-state index contributed by atoms with van der Waals surface area (Å²) in [6.07, 6.45) is 0. The van der Waals surface area contributed by atoms with Crippen molar-refractivity contribution in [1.82, 2.24) is 14.9 Å². The van der Waals surface area contributed by atoms with Crippen LogP contribution in [-0.2, 0) is 16.1 Å². The van der Waals surface area contributed by atoms with Crippen molar-refractivity contribution in [2.75, 3.05) is 33.9 Å². The number of fused-ring (bicyclic) bond motifs is 3. The van der Waals surface area contributed by atoms with Crippen LogP contribution in [0.2, 0.25) is 0 Å². The fourth-order valence-corrected chi connectivity index (χ4v) is 3.59. The summed E-state index contributed by atoms with van der Waals surface area (Å²) in [6, 6.07) is 17.2. The van der Waals surface area contributed by atoms with Crippen molar-refractivity contribution in [3.05, 3.63) is 65.9 Å². The molecule has 8 nitrogen and oxygen atoms in total. The van der Waals surface area contributed by atoms with E-state index < -0.39 is 0 Å². The predicted molar refractivity (Wildman–Crippen MR) is 117 cm³/mol. The van der Waals surface area contributed by atoms with Gasteiger partial charge in [-0.15, -0.1) is 0 Å². The number of hydrazone groups is 1. The Hall–Kier alpha value is -3.65. The number of benzene rings is 2. The van der Waals surface area contributed by atoms with E-state index in [9.17, 15) is 9.59 Å². The molecule has 8 heteroatoms. The minimum Gasteiger partial charge on any atom is -0.497 e. The van der Waals surface area contributed by atoms with Gasteiger partial charge in [0.15, 0.2) is 0 Å². The molecule has 160 valence electrons. The SMILES string of the molecule is COCCNC(=O)CN1N=C(c2ccc(OC)cc2)Cn2c(cc3ccccc32)C1=O. The molecule has 1 aliphatic heterocycles. The van der Waals surface area contributed by atoms with Crippen LogP contribution in [0.25, 0.3) is 10.9 Å². The normalized spacial score (nSPS) is 13.5. The highest BCUT2D eigenvalue weighted by atomic mass is 16.5. The van der Waals surface area contributed by atoms with E-state index in [-0.39, 0.29) is 18.4 Å². The van der Waals surface area contributed by atoms with Crippen molar-refractivity contribution in [1.29, 1.82) is 0 Å². The Bertz CT molecular complexity index is 1130. The highest BCUT2D eigenvalue weighted by Gasteiger charge is 2.28. The van der Waals surface area contributed by atoms with E-state index in [1.165, 1.54) is 5.01 Å². The molecule has 2 amide bonds. The molecule has 0 atom stereocenters. The lowest BCUT2D eigenvalue weighted by molar-refractivity contribution is -0.122. The Morgan fingerprint density at radius 1 is 1.13 bits per heavy atom. The first-order chi connectivity index (χ1) is 15.1. The lowest BCUT2D eigenvalue weighted by atomic mass is 10.1. The number of amides is 2. The second-order valence-electron chi connectivity index (χ2n) is 7.16. The topological polar surface area (TPSA) is 85.2 Å². The highest BCUT2D eigenvalue weighted by molar-refractivity contribution is 6.07. The summed E-state index contributed by atoms with van der Waals surface area (Å²) >= 11 is 0. The molecular weight excluding hydrogens is 396 g/mol. The number of methoxy groups -OCH3 is 2. The monoisotopic (exact) mass is 420 g/mol. The van der Waals surface area contributed by atoms with E-state index in [0.29, 0.717) is 31.1 Å². The van der Waals surface area contributed by atoms with Gasteiger partial charge in [0.05, 0.1) is 26.0 Å². The molecule has 4 rings (SSSR count). The first-order valence-electron chi connectivity index (χ1n) is 9.98. The summed E-state index contributed by atoms with van der Waals surface area (Å²) in [5.41, 5.74) is 2.97. The molecule has 0 radical (unpaired) electrons. The summed E-state index contributed by atoms with van der Waals surface area (Å²) in [6.45, 7) is 0.993. The minimum atomic E-state index is -0.318. The van der Waals surface area contributed by atoms with Gasteiger partial charge in [0.1, 0.15) is 18.0 Å². The van der Waals surface area contributed by atoms with E-state index >= 15 is 0 Å². The van der Waals surface area contributed by atoms with Crippen LogP contribution in [0.3, 0.4) is 0 Å². The van der Waals surface area contributed by atoms with Gasteiger partial charge in [-0.2, -0.15) is 5.10 Å². The van der Waals surface area contributed by atoms with E-state index in [0.717, 1.165) is 22.2 Å². The van der Waals surface area contributed by atoms with Crippen LogP contribution >= 0.6 is 0 Å². The van der Waals surface area contributed by atoms with Crippen molar-refractivity contribution >= 4 is 28.4 Å². The number of ether oxygens (including phenoxy) is 2. The number of carbonyl (C=O) groups is 2. The minimum absolute atomic E-state index is 0.177. The Morgan fingerprint density at radius 3 is 2.65 bits per heavy atom. The molecule has 0 bridgehead atoms. The largest absolute Gasteiger partial charge is 0.497 e. The van der Waals surface area contributed by atoms with E-state index in [1.54, 1.807) is 14.2 Å². The molecule has 0 saturated carbocycles. The summed E-state index contributed by atoms with van der Waals surface area (Å²) in [7, 11) is 3.17. The zero-order valence-electron chi connectivity index (χ0n) is 17.5. The van der Waals surface area contributed by atoms with Crippen molar-refractivity contribution < 1.29 is 19.1 Å². The molecule has 31 heavy (non-hydrogen) atoms. The van der Waals surface area contributed by atoms with Gasteiger partial charge < -0.3 is 19.4 Å². The van der Waals surface area contributed by atoms with Crippen LogP contribution in [0.5, 0.6) is 5.75 Å². The van der Waals surface area contributed by atoms with Gasteiger partial charge in [0.25, 0.3) is 5.91 Å². The van der Waals surface area contributed by atoms with Gasteiger partial charge >= 0.3 is 0 Å². The molecule has 3 aromatic rings. The Morgan fingerprint density at radius 2 is 1.90 bits per heavy atom. The molecule has 2 aromatic carbocycles. The summed E-state index contributed by atoms with van der Waals surface area (Å²) in [5.74, 6) is 0.116. The van der Waals surface area contributed by atoms with Gasteiger partial charge in [-0.3, -0.25) is 9.59 Å². The first-order valence-corrected chi connectivity index (χ1v) is 9.98. The molecule has 0 spiro atoms. The van der Waals surface area contributed by atoms with Crippen molar-refractivity contribution in [2.24, 2.45) is 5.10 Å². The van der Waals surface area contributed by atoms with Gasteiger partial charge in [-0.1, -0.05) is 18.2 Å². The van der Waals surface area contributed by atoms with Crippen LogP contribution in [0.15, 0.2) is 59.7 Å². The van der Waals surface area contributed by atoms with E-state index in [2.05, 4.69) is 10.4 Å². The molecule has 0 fully saturated rings. The third-order valence-corrected chi connectivity index (χ3v) is 5.16. The first kappa shape index (κ1) is 20.6. The fraction of sp³-hybridized carbons (Fsp3) is 0.261. The molecule has 1 aliphatic rings. The molecule has 2 heterocycles. The van der Waals surface area contributed by atoms with Gasteiger partial charge in [0, 0.05) is 24.6 Å². The van der Waals surface area contributed by atoms with E-state index in [1.807, 2.05) is 59.2 Å². The molecule has 0 aliphatic carbocycles. The molecule has 1 aromatic heterocycles. The fourth-order valence-electron chi connectivity index (χ4n) is 3.59. The maximum Gasteiger partial charge on any atom is 0.291 e. The maximum absolute atomic E-state index is 13.3. The number of rotatable bonds is 7. The summed E-state index contributed by atoms with van der Waals surface area (Å²) < 4.78 is 12.2. The van der Waals surface area contributed by atoms with Crippen molar-refractivity contribution in [3.63, 3.8) is 0 Å². The van der Waals surface area contributed by atoms with Crippen molar-refractivity contribution in [3.8, 4) is 5.75 Å². The lowest BCUT2D eigenvalue weighted by Crippen LogP contribution is -2.39. The van der Waals surface area contributed by atoms with Gasteiger partial charge in [-0.05, 0) is 42.0 Å². The molecular formula is C23H24N4O4. The molecule has 0 unspecified atom stereocenters. The number of para-hydroxylation sites is 1. The predicted octanol–water partition coefficient (Wildman–Crippen LogP) is 2.27. The Balaban J connectivity index is 1.73. The van der Waals surface area contributed by atoms with Crippen LogP contribution < -0.4 is 10.1 Å². The number of aromatic nitrogens is 1. The van der Waals surface area contributed by atoms with E-state index in [4.69, 9.17) is 9.47 Å². The second-order valence-corrected chi connectivity index (χ2v) is 7.16. The smallest absolute Gasteiger partial charge is 0.291 e. The van der Waals surface area contributed by atoms with Crippen LogP contribution in [0, 0.1) is 0 Å². The Kier molecular flexibility index (Phi) is 5.99. The average molecular weight is 420 g/mol. The molecule has 0 saturated heterocycles. The number of hydrogen-bond acceptors (Lipinski definition) is 5. The number of nitrogens with one attached hydrogen (secondary N) is 1. The number of carbonyl (C=O) groups excluding carboxylic acids is 2. The number of hydrogen-bond donors (Lipinski definition) is 1. The van der Waals surface area contributed by atoms with Gasteiger partial charge in [0.2, 0.25) is 5.91 Å². The lowest BCUT2D eigenvalue weighted by Gasteiger charge is -2.16. The van der Waals surface area contributed by atoms with Crippen molar-refractivity contribution in [2.45, 2.75) is 6.54 Å². The molecule has 1 N–H and O–H groups in total. The zero-order chi connectivity index (χ0) is 21.8. The van der Waals surface area contributed by atoms with Crippen LogP contribution in [0.4, 0.5) is 0 Å². The zero-order valence-corrected chi connectivity index (χ0v) is 17.5. The third kappa shape index (κ3) is 4.29. The second kappa shape index (κ2) is 9.01. The highest BCUT2D eigenvalue weighted by Crippen LogP contribution is 2.25. The van der Waals surface area contributed by atoms with Gasteiger partial charge in [-0.25, -0.2) is 5.01 Å². The maximum atomic E-state index is 13.3. The van der Waals surface area contributed by atoms with Crippen LogP contribution in [-0.4, -0.2) is 61.0 Å². The Labute approximate surface area is 180 Å². The standard InChI is InChI=1S/C23H24N4O4/c1-30-12-11-24-22(28)15-27-23(29)21-13-17-5-3-4-6-20(17)26(21)14-19(25-27)16-7-9-18(31-2)10-8-16/h3-10,13H,11-12,14-15H2,1-2H3,(H,24,28). The summed E-state index contributed by atoms with van der Waals surface area (Å²) in [4.78, 5) is 25.7. The number of nitrogens with zero attached hydrogens (tertiary/aromatic N) is 3. The van der Waals surface area contributed by atoms with Crippen LogP contribution in [0.1, 0.15) is 16.1 Å².